The first kappa shape index (κ1) is 13.3. The van der Waals surface area contributed by atoms with Crippen molar-refractivity contribution in [3.8, 4) is 0 Å². The number of ether oxygens (including phenoxy) is 1. The number of aliphatic hydroxyl groups excluding tert-OH is 1. The lowest BCUT2D eigenvalue weighted by Crippen LogP contribution is -2.13. The standard InChI is InChI=1S/C12H14FNO3/c1-8(15)6-11(14-12(16)17-2)9-4-3-5-10(13)7-9/h3-5,7-8,15H,6H2,1-2H3/b14-11-. The van der Waals surface area contributed by atoms with Gasteiger partial charge in [0, 0.05) is 6.42 Å². The van der Waals surface area contributed by atoms with Crippen molar-refractivity contribution in [2.75, 3.05) is 7.11 Å². The number of carbonyl (C=O) groups excluding carboxylic acids is 1. The maximum atomic E-state index is 13.1. The molecule has 0 heterocycles. The number of rotatable bonds is 3. The molecule has 17 heavy (non-hydrogen) atoms. The van der Waals surface area contributed by atoms with Gasteiger partial charge in [-0.3, -0.25) is 0 Å². The topological polar surface area (TPSA) is 58.9 Å². The molecule has 92 valence electrons. The number of nitrogens with zero attached hydrogens (tertiary/aromatic N) is 1. The van der Waals surface area contributed by atoms with Crippen LogP contribution in [0.1, 0.15) is 18.9 Å². The van der Waals surface area contributed by atoms with Gasteiger partial charge in [0.15, 0.2) is 0 Å². The molecule has 5 heteroatoms. The molecule has 1 atom stereocenters. The van der Waals surface area contributed by atoms with Crippen molar-refractivity contribution in [3.05, 3.63) is 35.6 Å². The van der Waals surface area contributed by atoms with Crippen molar-refractivity contribution < 1.29 is 19.0 Å². The first-order chi connectivity index (χ1) is 8.02. The predicted octanol–water partition coefficient (Wildman–Crippen LogP) is 2.15. The molecule has 1 rings (SSSR count). The molecular formula is C12H14FNO3. The smallest absolute Gasteiger partial charge is 0.433 e. The molecule has 1 unspecified atom stereocenters. The number of methoxy groups -OCH3 is 1. The van der Waals surface area contributed by atoms with Crippen LogP contribution in [-0.4, -0.2) is 30.1 Å². The van der Waals surface area contributed by atoms with Gasteiger partial charge in [0.2, 0.25) is 0 Å². The van der Waals surface area contributed by atoms with Gasteiger partial charge in [0.05, 0.1) is 18.9 Å². The first-order valence-electron chi connectivity index (χ1n) is 5.12. The lowest BCUT2D eigenvalue weighted by atomic mass is 10.0. The fraction of sp³-hybridized carbons (Fsp3) is 0.333. The third kappa shape index (κ3) is 4.32. The van der Waals surface area contributed by atoms with Crippen LogP contribution >= 0.6 is 0 Å². The molecule has 0 radical (unpaired) electrons. The SMILES string of the molecule is COC(=O)/N=C(/CC(C)O)c1cccc(F)c1. The third-order valence-corrected chi connectivity index (χ3v) is 2.05. The monoisotopic (exact) mass is 239 g/mol. The zero-order valence-corrected chi connectivity index (χ0v) is 9.68. The molecule has 0 aromatic heterocycles. The van der Waals surface area contributed by atoms with Crippen LogP contribution in [0.2, 0.25) is 0 Å². The highest BCUT2D eigenvalue weighted by molar-refractivity contribution is 6.05. The van der Waals surface area contributed by atoms with E-state index in [9.17, 15) is 14.3 Å². The van der Waals surface area contributed by atoms with Gasteiger partial charge in [-0.05, 0) is 24.6 Å². The van der Waals surface area contributed by atoms with E-state index in [0.29, 0.717) is 11.3 Å². The predicted molar refractivity (Wildman–Crippen MR) is 61.6 cm³/mol. The molecule has 4 nitrogen and oxygen atoms in total. The first-order valence-corrected chi connectivity index (χ1v) is 5.12. The Balaban J connectivity index is 3.06. The van der Waals surface area contributed by atoms with Gasteiger partial charge in [0.1, 0.15) is 5.82 Å². The van der Waals surface area contributed by atoms with E-state index in [1.165, 1.54) is 25.3 Å². The lowest BCUT2D eigenvalue weighted by Gasteiger charge is -2.08. The van der Waals surface area contributed by atoms with Gasteiger partial charge in [-0.25, -0.2) is 9.18 Å². The summed E-state index contributed by atoms with van der Waals surface area (Å²) in [6, 6.07) is 5.68. The zero-order valence-electron chi connectivity index (χ0n) is 9.68. The molecule has 1 aromatic carbocycles. The summed E-state index contributed by atoms with van der Waals surface area (Å²) in [7, 11) is 1.21. The van der Waals surface area contributed by atoms with Crippen LogP contribution in [-0.2, 0) is 4.74 Å². The number of amides is 1. The van der Waals surface area contributed by atoms with Crippen LogP contribution < -0.4 is 0 Å². The highest BCUT2D eigenvalue weighted by Crippen LogP contribution is 2.10. The van der Waals surface area contributed by atoms with E-state index in [1.807, 2.05) is 0 Å². The summed E-state index contributed by atoms with van der Waals surface area (Å²) < 4.78 is 17.5. The normalized spacial score (nSPS) is 13.3. The Morgan fingerprint density at radius 2 is 2.29 bits per heavy atom. The van der Waals surface area contributed by atoms with Crippen molar-refractivity contribution >= 4 is 11.8 Å². The molecule has 1 amide bonds. The van der Waals surface area contributed by atoms with E-state index >= 15 is 0 Å². The minimum atomic E-state index is -0.773. The Hall–Kier alpha value is -1.75. The number of aliphatic imine (C=N–C) groups is 1. The van der Waals surface area contributed by atoms with Crippen molar-refractivity contribution in [2.45, 2.75) is 19.4 Å². The second kappa shape index (κ2) is 6.10. The van der Waals surface area contributed by atoms with E-state index in [4.69, 9.17) is 0 Å². The van der Waals surface area contributed by atoms with Crippen LogP contribution in [0.3, 0.4) is 0 Å². The number of hydrogen-bond acceptors (Lipinski definition) is 3. The minimum absolute atomic E-state index is 0.151. The van der Waals surface area contributed by atoms with E-state index in [0.717, 1.165) is 0 Å². The molecule has 0 saturated carbocycles. The quantitative estimate of drug-likeness (QED) is 0.822. The van der Waals surface area contributed by atoms with Gasteiger partial charge >= 0.3 is 6.09 Å². The van der Waals surface area contributed by atoms with Crippen LogP contribution in [0.5, 0.6) is 0 Å². The Kier molecular flexibility index (Phi) is 4.78. The highest BCUT2D eigenvalue weighted by atomic mass is 19.1. The molecule has 0 aliphatic carbocycles. The van der Waals surface area contributed by atoms with Gasteiger partial charge in [-0.1, -0.05) is 12.1 Å². The number of hydrogen-bond donors (Lipinski definition) is 1. The molecule has 0 fully saturated rings. The minimum Gasteiger partial charge on any atom is -0.451 e. The molecule has 0 spiro atoms. The second-order valence-corrected chi connectivity index (χ2v) is 3.59. The fourth-order valence-electron chi connectivity index (χ4n) is 1.33. The lowest BCUT2D eigenvalue weighted by molar-refractivity contribution is 0.182. The number of carbonyl (C=O) groups is 1. The Bertz CT molecular complexity index is 430. The van der Waals surface area contributed by atoms with Gasteiger partial charge < -0.3 is 9.84 Å². The van der Waals surface area contributed by atoms with Crippen molar-refractivity contribution in [1.29, 1.82) is 0 Å². The van der Waals surface area contributed by atoms with E-state index in [1.54, 1.807) is 13.0 Å². The summed E-state index contributed by atoms with van der Waals surface area (Å²) in [5, 5.41) is 9.31. The average Bonchev–Trinajstić information content (AvgIpc) is 2.27. The molecular weight excluding hydrogens is 225 g/mol. The third-order valence-electron chi connectivity index (χ3n) is 2.05. The zero-order chi connectivity index (χ0) is 12.8. The molecule has 1 aromatic rings. The van der Waals surface area contributed by atoms with Gasteiger partial charge in [0.25, 0.3) is 0 Å². The van der Waals surface area contributed by atoms with E-state index in [2.05, 4.69) is 9.73 Å². The van der Waals surface area contributed by atoms with Crippen LogP contribution in [0.25, 0.3) is 0 Å². The van der Waals surface area contributed by atoms with Crippen LogP contribution in [0.4, 0.5) is 9.18 Å². The van der Waals surface area contributed by atoms with Gasteiger partial charge in [-0.15, -0.1) is 0 Å². The maximum Gasteiger partial charge on any atom is 0.433 e. The number of halogens is 1. The van der Waals surface area contributed by atoms with Gasteiger partial charge in [-0.2, -0.15) is 4.99 Å². The summed E-state index contributed by atoms with van der Waals surface area (Å²) in [6.45, 7) is 1.56. The van der Waals surface area contributed by atoms with Crippen molar-refractivity contribution in [1.82, 2.24) is 0 Å². The molecule has 0 aliphatic rings. The summed E-state index contributed by atoms with van der Waals surface area (Å²) in [6.07, 6.45) is -1.30. The Morgan fingerprint density at radius 3 is 2.82 bits per heavy atom. The van der Waals surface area contributed by atoms with Crippen molar-refractivity contribution in [2.24, 2.45) is 4.99 Å². The highest BCUT2D eigenvalue weighted by Gasteiger charge is 2.10. The Labute approximate surface area is 98.8 Å². The molecule has 0 bridgehead atoms. The summed E-state index contributed by atoms with van der Waals surface area (Å²) in [5.74, 6) is -0.425. The second-order valence-electron chi connectivity index (χ2n) is 3.59. The largest absolute Gasteiger partial charge is 0.451 e. The van der Waals surface area contributed by atoms with Crippen molar-refractivity contribution in [3.63, 3.8) is 0 Å². The molecule has 1 N–H and O–H groups in total. The maximum absolute atomic E-state index is 13.1. The number of benzene rings is 1. The summed E-state index contributed by atoms with van der Waals surface area (Å²) in [5.41, 5.74) is 0.752. The average molecular weight is 239 g/mol. The molecule has 0 saturated heterocycles. The summed E-state index contributed by atoms with van der Waals surface area (Å²) >= 11 is 0. The molecule has 0 aliphatic heterocycles. The van der Waals surface area contributed by atoms with Crippen LogP contribution in [0, 0.1) is 5.82 Å². The summed E-state index contributed by atoms with van der Waals surface area (Å²) in [4.78, 5) is 14.8. The number of aliphatic hydroxyl groups is 1. The Morgan fingerprint density at radius 1 is 1.59 bits per heavy atom. The fourth-order valence-corrected chi connectivity index (χ4v) is 1.33. The van der Waals surface area contributed by atoms with E-state index in [-0.39, 0.29) is 6.42 Å². The van der Waals surface area contributed by atoms with Crippen LogP contribution in [0.15, 0.2) is 29.3 Å². The van der Waals surface area contributed by atoms with E-state index < -0.39 is 18.0 Å².